The molecule has 0 unspecified atom stereocenters. The van der Waals surface area contributed by atoms with Crippen molar-refractivity contribution in [3.63, 3.8) is 0 Å². The van der Waals surface area contributed by atoms with Crippen LogP contribution in [0.1, 0.15) is 56.4 Å². The van der Waals surface area contributed by atoms with Gasteiger partial charge in [-0.2, -0.15) is 5.10 Å². The summed E-state index contributed by atoms with van der Waals surface area (Å²) in [5.41, 5.74) is 2.04. The van der Waals surface area contributed by atoms with E-state index >= 15 is 0 Å². The molecule has 4 rings (SSSR count). The first-order valence-corrected chi connectivity index (χ1v) is 10.0. The number of likely N-dealkylation sites (tertiary alicyclic amines) is 1. The first kappa shape index (κ1) is 18.0. The zero-order valence-electron chi connectivity index (χ0n) is 15.6. The Bertz CT molecular complexity index is 759. The first-order chi connectivity index (χ1) is 13.2. The molecule has 1 aliphatic carbocycles. The summed E-state index contributed by atoms with van der Waals surface area (Å²) < 4.78 is 14.9. The van der Waals surface area contributed by atoms with Gasteiger partial charge in [0, 0.05) is 25.3 Å². The average molecular weight is 370 g/mol. The van der Waals surface area contributed by atoms with E-state index < -0.39 is 0 Å². The second-order valence-electron chi connectivity index (χ2n) is 7.74. The third kappa shape index (κ3) is 4.31. The number of hydrogen-bond donors (Lipinski definition) is 1. The maximum absolute atomic E-state index is 13.1. The fourth-order valence-electron chi connectivity index (χ4n) is 4.21. The van der Waals surface area contributed by atoms with Crippen LogP contribution in [0.15, 0.2) is 36.7 Å². The molecule has 1 saturated heterocycles. The molecule has 2 heterocycles. The SMILES string of the molecule is O=C(NC1CCCCC1)N1CCC(c2cnn(-c3ccc(F)cc3)c2)CC1. The van der Waals surface area contributed by atoms with Gasteiger partial charge < -0.3 is 10.2 Å². The number of carbonyl (C=O) groups is 1. The summed E-state index contributed by atoms with van der Waals surface area (Å²) in [4.78, 5) is 14.4. The molecule has 144 valence electrons. The van der Waals surface area contributed by atoms with E-state index in [0.29, 0.717) is 12.0 Å². The standard InChI is InChI=1S/C21H27FN4O/c22-18-6-8-20(9-7-18)26-15-17(14-23-26)16-10-12-25(13-11-16)21(27)24-19-4-2-1-3-5-19/h6-9,14-16,19H,1-5,10-13H2,(H,24,27). The van der Waals surface area contributed by atoms with Gasteiger partial charge in [-0.05, 0) is 61.4 Å². The van der Waals surface area contributed by atoms with Crippen molar-refractivity contribution < 1.29 is 9.18 Å². The second kappa shape index (κ2) is 8.11. The normalized spacial score (nSPS) is 19.2. The van der Waals surface area contributed by atoms with Crippen molar-refractivity contribution in [2.75, 3.05) is 13.1 Å². The molecule has 1 aromatic carbocycles. The average Bonchev–Trinajstić information content (AvgIpc) is 3.20. The van der Waals surface area contributed by atoms with Crippen LogP contribution in [-0.4, -0.2) is 39.8 Å². The number of rotatable bonds is 3. The minimum absolute atomic E-state index is 0.0994. The molecule has 2 aromatic rings. The molecule has 2 fully saturated rings. The Morgan fingerprint density at radius 1 is 1.04 bits per heavy atom. The number of benzene rings is 1. The van der Waals surface area contributed by atoms with Gasteiger partial charge in [-0.25, -0.2) is 13.9 Å². The van der Waals surface area contributed by atoms with E-state index in [-0.39, 0.29) is 11.8 Å². The largest absolute Gasteiger partial charge is 0.335 e. The van der Waals surface area contributed by atoms with E-state index in [1.807, 2.05) is 17.3 Å². The molecular formula is C21H27FN4O. The molecule has 1 N–H and O–H groups in total. The fraction of sp³-hybridized carbons (Fsp3) is 0.524. The topological polar surface area (TPSA) is 50.2 Å². The van der Waals surface area contributed by atoms with Crippen LogP contribution < -0.4 is 5.32 Å². The lowest BCUT2D eigenvalue weighted by molar-refractivity contribution is 0.174. The first-order valence-electron chi connectivity index (χ1n) is 10.0. The van der Waals surface area contributed by atoms with Crippen LogP contribution in [0.25, 0.3) is 5.69 Å². The van der Waals surface area contributed by atoms with Crippen LogP contribution in [0.4, 0.5) is 9.18 Å². The zero-order chi connectivity index (χ0) is 18.6. The Morgan fingerprint density at radius 3 is 2.44 bits per heavy atom. The van der Waals surface area contributed by atoms with Gasteiger partial charge in [0.05, 0.1) is 11.9 Å². The van der Waals surface area contributed by atoms with Crippen LogP contribution in [0.3, 0.4) is 0 Å². The highest BCUT2D eigenvalue weighted by Gasteiger charge is 2.26. The Kier molecular flexibility index (Phi) is 5.41. The number of nitrogens with zero attached hydrogens (tertiary/aromatic N) is 3. The van der Waals surface area contributed by atoms with Crippen molar-refractivity contribution in [2.45, 2.75) is 56.9 Å². The molecular weight excluding hydrogens is 343 g/mol. The van der Waals surface area contributed by atoms with Crippen LogP contribution in [0, 0.1) is 5.82 Å². The molecule has 5 nitrogen and oxygen atoms in total. The van der Waals surface area contributed by atoms with Crippen molar-refractivity contribution >= 4 is 6.03 Å². The van der Waals surface area contributed by atoms with E-state index in [4.69, 9.17) is 0 Å². The second-order valence-corrected chi connectivity index (χ2v) is 7.74. The maximum atomic E-state index is 13.1. The van der Waals surface area contributed by atoms with Gasteiger partial charge in [-0.1, -0.05) is 19.3 Å². The molecule has 1 saturated carbocycles. The van der Waals surface area contributed by atoms with E-state index in [0.717, 1.165) is 44.5 Å². The summed E-state index contributed by atoms with van der Waals surface area (Å²) in [7, 11) is 0. The number of aromatic nitrogens is 2. The Morgan fingerprint density at radius 2 is 1.74 bits per heavy atom. The Balaban J connectivity index is 1.31. The van der Waals surface area contributed by atoms with Crippen molar-refractivity contribution in [2.24, 2.45) is 0 Å². The third-order valence-corrected chi connectivity index (χ3v) is 5.88. The monoisotopic (exact) mass is 370 g/mol. The van der Waals surface area contributed by atoms with Crippen molar-refractivity contribution in [1.82, 2.24) is 20.0 Å². The van der Waals surface area contributed by atoms with Crippen LogP contribution in [-0.2, 0) is 0 Å². The summed E-state index contributed by atoms with van der Waals surface area (Å²) in [6.45, 7) is 1.57. The summed E-state index contributed by atoms with van der Waals surface area (Å²) >= 11 is 0. The summed E-state index contributed by atoms with van der Waals surface area (Å²) in [6, 6.07) is 6.80. The highest BCUT2D eigenvalue weighted by Crippen LogP contribution is 2.28. The fourth-order valence-corrected chi connectivity index (χ4v) is 4.21. The predicted molar refractivity (Wildman–Crippen MR) is 102 cm³/mol. The molecule has 0 radical (unpaired) electrons. The minimum atomic E-state index is -0.245. The number of carbonyl (C=O) groups excluding carboxylic acids is 1. The summed E-state index contributed by atoms with van der Waals surface area (Å²) in [5, 5.41) is 7.64. The smallest absolute Gasteiger partial charge is 0.317 e. The highest BCUT2D eigenvalue weighted by molar-refractivity contribution is 5.74. The quantitative estimate of drug-likeness (QED) is 0.879. The molecule has 0 spiro atoms. The Hall–Kier alpha value is -2.37. The minimum Gasteiger partial charge on any atom is -0.335 e. The van der Waals surface area contributed by atoms with Crippen LogP contribution in [0.2, 0.25) is 0 Å². The zero-order valence-corrected chi connectivity index (χ0v) is 15.6. The van der Waals surface area contributed by atoms with Gasteiger partial charge in [-0.3, -0.25) is 0 Å². The van der Waals surface area contributed by atoms with Gasteiger partial charge in [0.1, 0.15) is 5.82 Å². The molecule has 1 aliphatic heterocycles. The van der Waals surface area contributed by atoms with E-state index in [1.165, 1.54) is 37.0 Å². The van der Waals surface area contributed by atoms with Crippen molar-refractivity contribution in [1.29, 1.82) is 0 Å². The predicted octanol–water partition coefficient (Wildman–Crippen LogP) is 4.23. The van der Waals surface area contributed by atoms with Gasteiger partial charge in [0.2, 0.25) is 0 Å². The van der Waals surface area contributed by atoms with Crippen molar-refractivity contribution in [3.05, 3.63) is 48.0 Å². The van der Waals surface area contributed by atoms with Gasteiger partial charge in [0.25, 0.3) is 0 Å². The third-order valence-electron chi connectivity index (χ3n) is 5.88. The lowest BCUT2D eigenvalue weighted by Crippen LogP contribution is -2.48. The number of halogens is 1. The van der Waals surface area contributed by atoms with Gasteiger partial charge in [0.15, 0.2) is 0 Å². The number of nitrogens with one attached hydrogen (secondary N) is 1. The lowest BCUT2D eigenvalue weighted by atomic mass is 9.91. The molecule has 27 heavy (non-hydrogen) atoms. The molecule has 1 aromatic heterocycles. The van der Waals surface area contributed by atoms with E-state index in [1.54, 1.807) is 16.8 Å². The van der Waals surface area contributed by atoms with Gasteiger partial charge >= 0.3 is 6.03 Å². The molecule has 2 aliphatic rings. The Labute approximate surface area is 159 Å². The molecule has 2 amide bonds. The maximum Gasteiger partial charge on any atom is 0.317 e. The highest BCUT2D eigenvalue weighted by atomic mass is 19.1. The van der Waals surface area contributed by atoms with Gasteiger partial charge in [-0.15, -0.1) is 0 Å². The van der Waals surface area contributed by atoms with E-state index in [9.17, 15) is 9.18 Å². The lowest BCUT2D eigenvalue weighted by Gasteiger charge is -2.33. The molecule has 6 heteroatoms. The number of urea groups is 1. The molecule has 0 bridgehead atoms. The van der Waals surface area contributed by atoms with Crippen LogP contribution >= 0.6 is 0 Å². The number of amides is 2. The summed E-state index contributed by atoms with van der Waals surface area (Å²) in [5.74, 6) is 0.169. The van der Waals surface area contributed by atoms with E-state index in [2.05, 4.69) is 10.4 Å². The summed E-state index contributed by atoms with van der Waals surface area (Å²) in [6.07, 6.45) is 11.8. The van der Waals surface area contributed by atoms with Crippen molar-refractivity contribution in [3.8, 4) is 5.69 Å². The number of piperidine rings is 1. The van der Waals surface area contributed by atoms with Crippen LogP contribution in [0.5, 0.6) is 0 Å². The number of hydrogen-bond acceptors (Lipinski definition) is 2. The molecule has 0 atom stereocenters.